The van der Waals surface area contributed by atoms with Crippen LogP contribution in [0.2, 0.25) is 0 Å². The van der Waals surface area contributed by atoms with Crippen LogP contribution in [0.25, 0.3) is 0 Å². The van der Waals surface area contributed by atoms with Gasteiger partial charge in [-0.25, -0.2) is 0 Å². The highest BCUT2D eigenvalue weighted by Crippen LogP contribution is 2.28. The van der Waals surface area contributed by atoms with Crippen LogP contribution in [0.4, 0.5) is 0 Å². The number of aromatic nitrogens is 2. The van der Waals surface area contributed by atoms with Gasteiger partial charge < -0.3 is 0 Å². The second kappa shape index (κ2) is 13.4. The molecule has 0 radical (unpaired) electrons. The average molecular weight is 361 g/mol. The zero-order valence-electron chi connectivity index (χ0n) is 13.8. The van der Waals surface area contributed by atoms with Crippen molar-refractivity contribution in [3.05, 3.63) is 0 Å². The van der Waals surface area contributed by atoms with Gasteiger partial charge in [0.1, 0.15) is 0 Å². The highest BCUT2D eigenvalue weighted by molar-refractivity contribution is 8.15. The van der Waals surface area contributed by atoms with Crippen molar-refractivity contribution < 1.29 is 4.79 Å². The minimum absolute atomic E-state index is 0.225. The number of rotatable bonds is 13. The van der Waals surface area contributed by atoms with Crippen molar-refractivity contribution in [1.82, 2.24) is 10.2 Å². The minimum atomic E-state index is 0.225. The van der Waals surface area contributed by atoms with Crippen LogP contribution in [0.5, 0.6) is 0 Å². The molecule has 1 aromatic rings. The highest BCUT2D eigenvalue weighted by atomic mass is 32.2. The summed E-state index contributed by atoms with van der Waals surface area (Å²) in [5.74, 6) is 0. The maximum absolute atomic E-state index is 11.8. The van der Waals surface area contributed by atoms with Gasteiger partial charge in [-0.2, -0.15) is 0 Å². The first kappa shape index (κ1) is 20.0. The predicted octanol–water partition coefficient (Wildman–Crippen LogP) is 6.19. The Hall–Kier alpha value is -0.0700. The van der Waals surface area contributed by atoms with Crippen LogP contribution in [-0.2, 0) is 4.79 Å². The molecule has 0 aromatic carbocycles. The van der Waals surface area contributed by atoms with Crippen LogP contribution in [0.15, 0.2) is 8.68 Å². The molecular formula is C16H28N2OS3. The maximum atomic E-state index is 11.8. The van der Waals surface area contributed by atoms with Gasteiger partial charge in [0, 0.05) is 6.42 Å². The minimum Gasteiger partial charge on any atom is -0.287 e. The standard InChI is InChI=1S/C16H28N2OS3/c1-3-4-5-6-7-8-9-10-11-12-13-14(19)21-16-18-17-15(20-2)22-16/h3-13H2,1-2H3. The van der Waals surface area contributed by atoms with Crippen molar-refractivity contribution >= 4 is 40.0 Å². The van der Waals surface area contributed by atoms with E-state index in [1.807, 2.05) is 6.26 Å². The van der Waals surface area contributed by atoms with E-state index in [0.29, 0.717) is 6.42 Å². The number of unbranched alkanes of at least 4 members (excludes halogenated alkanes) is 9. The first-order valence-corrected chi connectivity index (χ1v) is 11.2. The van der Waals surface area contributed by atoms with Gasteiger partial charge in [0.25, 0.3) is 0 Å². The van der Waals surface area contributed by atoms with Crippen LogP contribution in [0.3, 0.4) is 0 Å². The lowest BCUT2D eigenvalue weighted by molar-refractivity contribution is -0.111. The second-order valence-electron chi connectivity index (χ2n) is 5.44. The molecule has 1 heterocycles. The van der Waals surface area contributed by atoms with E-state index in [2.05, 4.69) is 17.1 Å². The third kappa shape index (κ3) is 9.85. The lowest BCUT2D eigenvalue weighted by atomic mass is 10.1. The normalized spacial score (nSPS) is 11.0. The fourth-order valence-electron chi connectivity index (χ4n) is 2.23. The van der Waals surface area contributed by atoms with Gasteiger partial charge in [-0.05, 0) is 24.4 Å². The number of hydrogen-bond acceptors (Lipinski definition) is 6. The maximum Gasteiger partial charge on any atom is 0.195 e. The fourth-order valence-corrected chi connectivity index (χ4v) is 4.59. The molecule has 1 aromatic heterocycles. The molecule has 3 nitrogen and oxygen atoms in total. The van der Waals surface area contributed by atoms with Gasteiger partial charge >= 0.3 is 0 Å². The number of hydrogen-bond donors (Lipinski definition) is 0. The molecule has 0 aliphatic heterocycles. The molecule has 0 fully saturated rings. The van der Waals surface area contributed by atoms with Crippen molar-refractivity contribution in [1.29, 1.82) is 0 Å². The van der Waals surface area contributed by atoms with E-state index >= 15 is 0 Å². The number of carbonyl (C=O) groups excluding carboxylic acids is 1. The first-order valence-electron chi connectivity index (χ1n) is 8.34. The van der Waals surface area contributed by atoms with E-state index < -0.39 is 0 Å². The van der Waals surface area contributed by atoms with Crippen LogP contribution in [-0.4, -0.2) is 21.6 Å². The Kier molecular flexibility index (Phi) is 12.1. The van der Waals surface area contributed by atoms with Crippen LogP contribution < -0.4 is 0 Å². The quantitative estimate of drug-likeness (QED) is 0.310. The predicted molar refractivity (Wildman–Crippen MR) is 99.0 cm³/mol. The van der Waals surface area contributed by atoms with Crippen molar-refractivity contribution in [3.63, 3.8) is 0 Å². The van der Waals surface area contributed by atoms with E-state index in [-0.39, 0.29) is 5.12 Å². The van der Waals surface area contributed by atoms with Crippen LogP contribution in [0.1, 0.15) is 77.6 Å². The first-order chi connectivity index (χ1) is 10.8. The summed E-state index contributed by atoms with van der Waals surface area (Å²) < 4.78 is 1.70. The molecule has 0 unspecified atom stereocenters. The Bertz CT molecular complexity index is 410. The Labute approximate surface area is 147 Å². The van der Waals surface area contributed by atoms with Gasteiger partial charge in [-0.3, -0.25) is 4.79 Å². The number of thioether (sulfide) groups is 2. The molecule has 6 heteroatoms. The van der Waals surface area contributed by atoms with Crippen molar-refractivity contribution in [3.8, 4) is 0 Å². The Morgan fingerprint density at radius 1 is 0.909 bits per heavy atom. The summed E-state index contributed by atoms with van der Waals surface area (Å²) in [5, 5.41) is 8.24. The lowest BCUT2D eigenvalue weighted by Crippen LogP contribution is -1.91. The Balaban J connectivity index is 1.92. The summed E-state index contributed by atoms with van der Waals surface area (Å²) in [5.41, 5.74) is 0. The summed E-state index contributed by atoms with van der Waals surface area (Å²) in [6.07, 6.45) is 15.6. The third-order valence-electron chi connectivity index (χ3n) is 3.50. The Morgan fingerprint density at radius 2 is 1.45 bits per heavy atom. The topological polar surface area (TPSA) is 42.9 Å². The van der Waals surface area contributed by atoms with Gasteiger partial charge in [0.15, 0.2) is 13.8 Å². The summed E-state index contributed by atoms with van der Waals surface area (Å²) >= 11 is 4.33. The Morgan fingerprint density at radius 3 is 2.00 bits per heavy atom. The summed E-state index contributed by atoms with van der Waals surface area (Å²) in [6.45, 7) is 2.26. The smallest absolute Gasteiger partial charge is 0.195 e. The van der Waals surface area contributed by atoms with Crippen LogP contribution >= 0.6 is 34.9 Å². The molecule has 0 spiro atoms. The third-order valence-corrected chi connectivity index (χ3v) is 6.38. The van der Waals surface area contributed by atoms with E-state index in [9.17, 15) is 4.79 Å². The molecule has 0 bridgehead atoms. The van der Waals surface area contributed by atoms with Gasteiger partial charge in [0.05, 0.1) is 0 Å². The molecule has 0 aliphatic rings. The second-order valence-corrected chi connectivity index (χ2v) is 8.78. The molecule has 0 N–H and O–H groups in total. The number of nitrogens with zero attached hydrogens (tertiary/aromatic N) is 2. The molecule has 1 rings (SSSR count). The number of carbonyl (C=O) groups is 1. The summed E-state index contributed by atoms with van der Waals surface area (Å²) in [6, 6.07) is 0. The molecule has 0 aliphatic carbocycles. The molecular weight excluding hydrogens is 332 g/mol. The summed E-state index contributed by atoms with van der Waals surface area (Å²) in [4.78, 5) is 11.8. The summed E-state index contributed by atoms with van der Waals surface area (Å²) in [7, 11) is 0. The average Bonchev–Trinajstić information content (AvgIpc) is 2.96. The molecule has 0 atom stereocenters. The SMILES string of the molecule is CCCCCCCCCCCCC(=O)Sc1nnc(SC)s1. The van der Waals surface area contributed by atoms with Gasteiger partial charge in [-0.15, -0.1) is 10.2 Å². The molecule has 0 saturated heterocycles. The molecule has 22 heavy (non-hydrogen) atoms. The lowest BCUT2D eigenvalue weighted by Gasteiger charge is -2.01. The largest absolute Gasteiger partial charge is 0.287 e. The molecule has 0 amide bonds. The van der Waals surface area contributed by atoms with E-state index in [4.69, 9.17) is 0 Å². The van der Waals surface area contributed by atoms with E-state index in [0.717, 1.165) is 15.1 Å². The zero-order valence-corrected chi connectivity index (χ0v) is 16.3. The molecule has 126 valence electrons. The van der Waals surface area contributed by atoms with Crippen molar-refractivity contribution in [2.24, 2.45) is 0 Å². The van der Waals surface area contributed by atoms with Gasteiger partial charge in [-0.1, -0.05) is 87.8 Å². The fraction of sp³-hybridized carbons (Fsp3) is 0.812. The van der Waals surface area contributed by atoms with E-state index in [1.165, 1.54) is 80.9 Å². The van der Waals surface area contributed by atoms with Gasteiger partial charge in [0.2, 0.25) is 0 Å². The zero-order chi connectivity index (χ0) is 16.0. The monoisotopic (exact) mass is 360 g/mol. The van der Waals surface area contributed by atoms with Crippen molar-refractivity contribution in [2.75, 3.05) is 6.26 Å². The van der Waals surface area contributed by atoms with Crippen molar-refractivity contribution in [2.45, 2.75) is 86.2 Å². The van der Waals surface area contributed by atoms with E-state index in [1.54, 1.807) is 11.8 Å². The highest BCUT2D eigenvalue weighted by Gasteiger charge is 2.09. The molecule has 0 saturated carbocycles. The van der Waals surface area contributed by atoms with Crippen LogP contribution in [0, 0.1) is 0 Å².